The van der Waals surface area contributed by atoms with E-state index >= 15 is 0 Å². The summed E-state index contributed by atoms with van der Waals surface area (Å²) in [5.41, 5.74) is -0.734. The van der Waals surface area contributed by atoms with Crippen molar-refractivity contribution in [2.45, 2.75) is 89.4 Å². The SMILES string of the molecule is CCCCO[C@@H]1CC[C@@H](CO[Si](c2ccccc2)(c2ccccc2)C(C)(C)C)OC(OC(=O)c2ccccc2)[C@]1(C)OC(=O)c1ccccc1. The van der Waals surface area contributed by atoms with Gasteiger partial charge in [-0.15, -0.1) is 0 Å². The Morgan fingerprint density at radius 1 is 0.760 bits per heavy atom. The molecule has 0 aromatic heterocycles. The Balaban J connectivity index is 1.53. The summed E-state index contributed by atoms with van der Waals surface area (Å²) >= 11 is 0. The van der Waals surface area contributed by atoms with Crippen molar-refractivity contribution < 1.29 is 33.0 Å². The van der Waals surface area contributed by atoms with E-state index in [0.29, 0.717) is 30.6 Å². The van der Waals surface area contributed by atoms with Crippen molar-refractivity contribution in [1.29, 1.82) is 0 Å². The van der Waals surface area contributed by atoms with Gasteiger partial charge in [-0.3, -0.25) is 0 Å². The number of unbranched alkanes of at least 4 members (excludes halogenated alkanes) is 1. The first kappa shape index (κ1) is 37.2. The molecule has 264 valence electrons. The first-order valence-electron chi connectivity index (χ1n) is 17.6. The van der Waals surface area contributed by atoms with Gasteiger partial charge in [-0.1, -0.05) is 131 Å². The lowest BCUT2D eigenvalue weighted by molar-refractivity contribution is -0.247. The van der Waals surface area contributed by atoms with Crippen molar-refractivity contribution >= 4 is 30.6 Å². The number of carbonyl (C=O) groups is 2. The third-order valence-corrected chi connectivity index (χ3v) is 14.4. The van der Waals surface area contributed by atoms with E-state index in [1.807, 2.05) is 24.3 Å². The van der Waals surface area contributed by atoms with Crippen molar-refractivity contribution in [2.75, 3.05) is 13.2 Å². The van der Waals surface area contributed by atoms with Crippen LogP contribution in [-0.2, 0) is 23.4 Å². The predicted octanol–water partition coefficient (Wildman–Crippen LogP) is 7.73. The lowest BCUT2D eigenvalue weighted by Crippen LogP contribution is -2.67. The fourth-order valence-corrected chi connectivity index (χ4v) is 11.3. The highest BCUT2D eigenvalue weighted by atomic mass is 28.4. The number of hydrogen-bond acceptors (Lipinski definition) is 7. The van der Waals surface area contributed by atoms with Crippen LogP contribution in [0.5, 0.6) is 0 Å². The van der Waals surface area contributed by atoms with Gasteiger partial charge < -0.3 is 23.4 Å². The minimum Gasteiger partial charge on any atom is -0.446 e. The van der Waals surface area contributed by atoms with Gasteiger partial charge in [-0.25, -0.2) is 9.59 Å². The summed E-state index contributed by atoms with van der Waals surface area (Å²) in [5.74, 6) is -1.14. The van der Waals surface area contributed by atoms with E-state index in [4.69, 9.17) is 23.4 Å². The molecule has 0 saturated carbocycles. The molecule has 0 spiro atoms. The van der Waals surface area contributed by atoms with Crippen molar-refractivity contribution in [1.82, 2.24) is 0 Å². The van der Waals surface area contributed by atoms with Gasteiger partial charge in [0, 0.05) is 6.61 Å². The second-order valence-electron chi connectivity index (χ2n) is 14.1. The third kappa shape index (κ3) is 8.44. The Morgan fingerprint density at radius 3 is 1.76 bits per heavy atom. The highest BCUT2D eigenvalue weighted by Crippen LogP contribution is 2.39. The molecule has 1 unspecified atom stereocenters. The van der Waals surface area contributed by atoms with Gasteiger partial charge in [0.25, 0.3) is 8.32 Å². The van der Waals surface area contributed by atoms with Gasteiger partial charge in [0.1, 0.15) is 6.10 Å². The molecule has 1 heterocycles. The number of rotatable bonds is 13. The number of carbonyl (C=O) groups excluding carboxylic acids is 2. The monoisotopic (exact) mass is 694 g/mol. The second-order valence-corrected chi connectivity index (χ2v) is 18.4. The van der Waals surface area contributed by atoms with Crippen LogP contribution < -0.4 is 10.4 Å². The molecule has 0 N–H and O–H groups in total. The summed E-state index contributed by atoms with van der Waals surface area (Å²) in [6, 6.07) is 38.4. The largest absolute Gasteiger partial charge is 0.446 e. The average molecular weight is 695 g/mol. The van der Waals surface area contributed by atoms with Crippen molar-refractivity contribution in [3.8, 4) is 0 Å². The van der Waals surface area contributed by atoms with E-state index in [1.165, 1.54) is 0 Å². The van der Waals surface area contributed by atoms with Crippen LogP contribution in [0.1, 0.15) is 81.0 Å². The number of hydrogen-bond donors (Lipinski definition) is 0. The van der Waals surface area contributed by atoms with Crippen LogP contribution >= 0.6 is 0 Å². The second kappa shape index (κ2) is 16.7. The summed E-state index contributed by atoms with van der Waals surface area (Å²) in [5, 5.41) is 2.06. The summed E-state index contributed by atoms with van der Waals surface area (Å²) < 4.78 is 33.0. The van der Waals surface area contributed by atoms with Crippen LogP contribution in [-0.4, -0.2) is 57.6 Å². The van der Waals surface area contributed by atoms with Crippen LogP contribution in [0.3, 0.4) is 0 Å². The van der Waals surface area contributed by atoms with Crippen molar-refractivity contribution in [3.63, 3.8) is 0 Å². The summed E-state index contributed by atoms with van der Waals surface area (Å²) in [6.45, 7) is 11.2. The molecule has 4 atom stereocenters. The Morgan fingerprint density at radius 2 is 1.26 bits per heavy atom. The standard InChI is InChI=1S/C42H50O7Si/c1-6-7-30-45-37-29-28-34(31-46-50(41(2,3)4,35-24-16-10-17-25-35)36-26-18-11-19-27-36)47-40(48-38(43)32-20-12-8-13-21-32)42(37,5)49-39(44)33-22-14-9-15-23-33/h8-27,34,37,40H,6-7,28-31H2,1-5H3/t34-,37+,40?,42+/m0/s1. The maximum atomic E-state index is 13.7. The van der Waals surface area contributed by atoms with Crippen LogP contribution in [0.4, 0.5) is 0 Å². The summed E-state index contributed by atoms with van der Waals surface area (Å²) in [7, 11) is -2.91. The van der Waals surface area contributed by atoms with E-state index in [9.17, 15) is 9.59 Å². The smallest absolute Gasteiger partial charge is 0.340 e. The van der Waals surface area contributed by atoms with E-state index in [2.05, 4.69) is 76.2 Å². The summed E-state index contributed by atoms with van der Waals surface area (Å²) in [4.78, 5) is 27.3. The van der Waals surface area contributed by atoms with E-state index < -0.39 is 44.4 Å². The molecule has 7 nitrogen and oxygen atoms in total. The molecule has 1 saturated heterocycles. The number of ether oxygens (including phenoxy) is 4. The molecule has 1 aliphatic heterocycles. The molecule has 0 aliphatic carbocycles. The van der Waals surface area contributed by atoms with Gasteiger partial charge in [0.05, 0.1) is 23.8 Å². The molecule has 1 aliphatic rings. The minimum atomic E-state index is -2.91. The molecule has 8 heteroatoms. The fourth-order valence-electron chi connectivity index (χ4n) is 6.71. The molecule has 0 bridgehead atoms. The highest BCUT2D eigenvalue weighted by Gasteiger charge is 2.54. The first-order chi connectivity index (χ1) is 24.1. The van der Waals surface area contributed by atoms with Crippen molar-refractivity contribution in [3.05, 3.63) is 132 Å². The van der Waals surface area contributed by atoms with Gasteiger partial charge >= 0.3 is 11.9 Å². The van der Waals surface area contributed by atoms with Crippen LogP contribution in [0, 0.1) is 0 Å². The van der Waals surface area contributed by atoms with E-state index in [0.717, 1.165) is 23.2 Å². The highest BCUT2D eigenvalue weighted by molar-refractivity contribution is 6.99. The lowest BCUT2D eigenvalue weighted by atomic mass is 9.94. The van der Waals surface area contributed by atoms with Crippen LogP contribution in [0.25, 0.3) is 0 Å². The van der Waals surface area contributed by atoms with E-state index in [1.54, 1.807) is 55.5 Å². The zero-order chi connectivity index (χ0) is 35.6. The lowest BCUT2D eigenvalue weighted by Gasteiger charge is -2.44. The maximum Gasteiger partial charge on any atom is 0.340 e. The Labute approximate surface area is 298 Å². The molecular weight excluding hydrogens is 645 g/mol. The zero-order valence-electron chi connectivity index (χ0n) is 29.9. The molecule has 0 radical (unpaired) electrons. The van der Waals surface area contributed by atoms with Gasteiger partial charge in [0.2, 0.25) is 6.29 Å². The van der Waals surface area contributed by atoms with Crippen LogP contribution in [0.2, 0.25) is 5.04 Å². The zero-order valence-corrected chi connectivity index (χ0v) is 30.9. The van der Waals surface area contributed by atoms with E-state index in [-0.39, 0.29) is 11.6 Å². The molecule has 4 aromatic rings. The Bertz CT molecular complexity index is 1600. The molecule has 4 aromatic carbocycles. The average Bonchev–Trinajstić information content (AvgIpc) is 3.25. The predicted molar refractivity (Wildman–Crippen MR) is 198 cm³/mol. The molecular formula is C42H50O7Si. The normalized spacial score (nSPS) is 21.2. The fraction of sp³-hybridized carbons (Fsp3) is 0.381. The van der Waals surface area contributed by atoms with Crippen molar-refractivity contribution in [2.24, 2.45) is 0 Å². The first-order valence-corrected chi connectivity index (χ1v) is 19.6. The molecule has 1 fully saturated rings. The van der Waals surface area contributed by atoms with Crippen LogP contribution in [0.15, 0.2) is 121 Å². The van der Waals surface area contributed by atoms with Gasteiger partial charge in [-0.05, 0) is 65.9 Å². The van der Waals surface area contributed by atoms with Gasteiger partial charge in [-0.2, -0.15) is 0 Å². The van der Waals surface area contributed by atoms with Gasteiger partial charge in [0.15, 0.2) is 5.60 Å². The Hall–Kier alpha value is -4.08. The summed E-state index contributed by atoms with van der Waals surface area (Å²) in [6.07, 6.45) is 0.390. The number of esters is 2. The number of benzene rings is 4. The topological polar surface area (TPSA) is 80.3 Å². The molecule has 5 rings (SSSR count). The third-order valence-electron chi connectivity index (χ3n) is 9.44. The quantitative estimate of drug-likeness (QED) is 0.0806. The maximum absolute atomic E-state index is 13.7. The Kier molecular flexibility index (Phi) is 12.5. The molecule has 50 heavy (non-hydrogen) atoms. The molecule has 0 amide bonds. The minimum absolute atomic E-state index is 0.233.